The fourth-order valence-corrected chi connectivity index (χ4v) is 3.29. The number of benzene rings is 1. The van der Waals surface area contributed by atoms with Gasteiger partial charge in [-0.2, -0.15) is 11.8 Å². The minimum atomic E-state index is -0.754. The number of hydrogen-bond acceptors (Lipinski definition) is 7. The number of rotatable bonds is 12. The first-order valence-corrected chi connectivity index (χ1v) is 9.55. The molecular weight excluding hydrogens is 370 g/mol. The zero-order chi connectivity index (χ0) is 20.2. The number of thioether (sulfide) groups is 1. The van der Waals surface area contributed by atoms with Gasteiger partial charge in [0.15, 0.2) is 11.5 Å². The summed E-state index contributed by atoms with van der Waals surface area (Å²) in [6, 6.07) is 2.31. The first kappa shape index (κ1) is 22.7. The van der Waals surface area contributed by atoms with E-state index in [4.69, 9.17) is 18.9 Å². The Labute approximate surface area is 164 Å². The molecule has 0 saturated carbocycles. The molecule has 0 bridgehead atoms. The van der Waals surface area contributed by atoms with Gasteiger partial charge in [0.25, 0.3) is 5.91 Å². The lowest BCUT2D eigenvalue weighted by Crippen LogP contribution is -2.43. The predicted octanol–water partition coefficient (Wildman–Crippen LogP) is 2.68. The number of unbranched alkanes of at least 4 members (excludes halogenated alkanes) is 1. The maximum atomic E-state index is 12.7. The smallest absolute Gasteiger partial charge is 0.329 e. The summed E-state index contributed by atoms with van der Waals surface area (Å²) >= 11 is 1.57. The zero-order valence-corrected chi connectivity index (χ0v) is 17.0. The molecule has 7 nitrogen and oxygen atoms in total. The van der Waals surface area contributed by atoms with E-state index in [0.29, 0.717) is 23.0 Å². The third-order valence-electron chi connectivity index (χ3n) is 3.70. The Kier molecular flexibility index (Phi) is 10.2. The van der Waals surface area contributed by atoms with E-state index in [9.17, 15) is 9.59 Å². The number of esters is 1. The minimum absolute atomic E-state index is 0.287. The van der Waals surface area contributed by atoms with E-state index in [1.54, 1.807) is 11.8 Å². The molecule has 0 saturated heterocycles. The molecular formula is C19H27NO6S. The van der Waals surface area contributed by atoms with Gasteiger partial charge < -0.3 is 24.3 Å². The van der Waals surface area contributed by atoms with Crippen LogP contribution in [-0.2, 0) is 9.53 Å². The first-order chi connectivity index (χ1) is 13.0. The van der Waals surface area contributed by atoms with Crippen molar-refractivity contribution in [3.63, 3.8) is 0 Å². The highest BCUT2D eigenvalue weighted by Crippen LogP contribution is 2.38. The molecule has 1 aromatic rings. The number of carbonyl (C=O) groups is 2. The Morgan fingerprint density at radius 1 is 1.15 bits per heavy atom. The minimum Gasteiger partial charge on any atom is -0.493 e. The van der Waals surface area contributed by atoms with Crippen LogP contribution in [0.5, 0.6) is 17.2 Å². The SMILES string of the molecule is C=CCCCSC[C@H](NC(=O)c1cc(OC)c(OC)c(OC)c1)C(=O)OC. The maximum Gasteiger partial charge on any atom is 0.329 e. The average molecular weight is 397 g/mol. The van der Waals surface area contributed by atoms with Gasteiger partial charge in [-0.05, 0) is 30.7 Å². The third-order valence-corrected chi connectivity index (χ3v) is 4.85. The van der Waals surface area contributed by atoms with Gasteiger partial charge in [-0.1, -0.05) is 6.08 Å². The first-order valence-electron chi connectivity index (χ1n) is 8.39. The summed E-state index contributed by atoms with van der Waals surface area (Å²) in [7, 11) is 5.71. The van der Waals surface area contributed by atoms with E-state index < -0.39 is 17.9 Å². The molecule has 1 amide bonds. The van der Waals surface area contributed by atoms with Crippen molar-refractivity contribution in [1.82, 2.24) is 5.32 Å². The normalized spacial score (nSPS) is 11.3. The van der Waals surface area contributed by atoms with Crippen molar-refractivity contribution in [3.05, 3.63) is 30.4 Å². The Balaban J connectivity index is 2.91. The van der Waals surface area contributed by atoms with Crippen molar-refractivity contribution >= 4 is 23.6 Å². The monoisotopic (exact) mass is 397 g/mol. The highest BCUT2D eigenvalue weighted by Gasteiger charge is 2.24. The van der Waals surface area contributed by atoms with Gasteiger partial charge in [-0.3, -0.25) is 4.79 Å². The number of hydrogen-bond donors (Lipinski definition) is 1. The highest BCUT2D eigenvalue weighted by molar-refractivity contribution is 7.99. The fourth-order valence-electron chi connectivity index (χ4n) is 2.30. The highest BCUT2D eigenvalue weighted by atomic mass is 32.2. The molecule has 0 radical (unpaired) electrons. The van der Waals surface area contributed by atoms with E-state index >= 15 is 0 Å². The van der Waals surface area contributed by atoms with Crippen molar-refractivity contribution in [1.29, 1.82) is 0 Å². The van der Waals surface area contributed by atoms with E-state index in [1.807, 2.05) is 6.08 Å². The van der Waals surface area contributed by atoms with E-state index in [1.165, 1.54) is 40.6 Å². The summed E-state index contributed by atoms with van der Waals surface area (Å²) in [6.07, 6.45) is 3.72. The molecule has 0 unspecified atom stereocenters. The van der Waals surface area contributed by atoms with Crippen molar-refractivity contribution < 1.29 is 28.5 Å². The van der Waals surface area contributed by atoms with Crippen LogP contribution in [-0.4, -0.2) is 57.9 Å². The van der Waals surface area contributed by atoms with Gasteiger partial charge in [0, 0.05) is 11.3 Å². The van der Waals surface area contributed by atoms with Crippen LogP contribution in [0.25, 0.3) is 0 Å². The Hall–Kier alpha value is -2.35. The molecule has 0 aliphatic heterocycles. The van der Waals surface area contributed by atoms with Crippen LogP contribution in [0.1, 0.15) is 23.2 Å². The molecule has 0 fully saturated rings. The van der Waals surface area contributed by atoms with Gasteiger partial charge in [0.2, 0.25) is 5.75 Å². The lowest BCUT2D eigenvalue weighted by atomic mass is 10.1. The fraction of sp³-hybridized carbons (Fsp3) is 0.474. The number of ether oxygens (including phenoxy) is 4. The number of nitrogens with one attached hydrogen (secondary N) is 1. The van der Waals surface area contributed by atoms with E-state index in [0.717, 1.165) is 18.6 Å². The standard InChI is InChI=1S/C19H27NO6S/c1-6-7-8-9-27-12-14(19(22)26-5)20-18(21)13-10-15(23-2)17(25-4)16(11-13)24-3/h6,10-11,14H,1,7-9,12H2,2-5H3,(H,20,21)/t14-/m0/s1. The summed E-state index contributed by atoms with van der Waals surface area (Å²) in [4.78, 5) is 24.7. The molecule has 0 aliphatic carbocycles. The average Bonchev–Trinajstić information content (AvgIpc) is 2.70. The van der Waals surface area contributed by atoms with Gasteiger partial charge in [-0.25, -0.2) is 4.79 Å². The molecule has 0 aromatic heterocycles. The van der Waals surface area contributed by atoms with Crippen LogP contribution >= 0.6 is 11.8 Å². The topological polar surface area (TPSA) is 83.1 Å². The van der Waals surface area contributed by atoms with Crippen molar-refractivity contribution in [2.24, 2.45) is 0 Å². The quantitative estimate of drug-likeness (QED) is 0.330. The number of carbonyl (C=O) groups excluding carboxylic acids is 2. The van der Waals surface area contributed by atoms with Crippen LogP contribution in [0.2, 0.25) is 0 Å². The third kappa shape index (κ3) is 6.71. The molecule has 1 atom stereocenters. The molecule has 27 heavy (non-hydrogen) atoms. The summed E-state index contributed by atoms with van der Waals surface area (Å²) in [5, 5.41) is 2.71. The second-order valence-electron chi connectivity index (χ2n) is 5.47. The van der Waals surface area contributed by atoms with E-state index in [-0.39, 0.29) is 5.56 Å². The molecule has 0 heterocycles. The second kappa shape index (κ2) is 12.1. The molecule has 1 aromatic carbocycles. The Morgan fingerprint density at radius 3 is 2.26 bits per heavy atom. The number of methoxy groups -OCH3 is 4. The molecule has 0 aliphatic rings. The molecule has 8 heteroatoms. The molecule has 1 rings (SSSR count). The summed E-state index contributed by atoms with van der Waals surface area (Å²) < 4.78 is 20.6. The number of allylic oxidation sites excluding steroid dienone is 1. The van der Waals surface area contributed by atoms with Crippen molar-refractivity contribution in [2.45, 2.75) is 18.9 Å². The van der Waals surface area contributed by atoms with Crippen LogP contribution in [0, 0.1) is 0 Å². The Bertz CT molecular complexity index is 624. The Morgan fingerprint density at radius 2 is 1.78 bits per heavy atom. The van der Waals surface area contributed by atoms with Crippen LogP contribution in [0.3, 0.4) is 0 Å². The summed E-state index contributed by atoms with van der Waals surface area (Å²) in [6.45, 7) is 3.68. The predicted molar refractivity (Wildman–Crippen MR) is 106 cm³/mol. The summed E-state index contributed by atoms with van der Waals surface area (Å²) in [5.74, 6) is 1.45. The molecule has 0 spiro atoms. The summed E-state index contributed by atoms with van der Waals surface area (Å²) in [5.41, 5.74) is 0.287. The van der Waals surface area contributed by atoms with Crippen LogP contribution < -0.4 is 19.5 Å². The van der Waals surface area contributed by atoms with Crippen molar-refractivity contribution in [2.75, 3.05) is 39.9 Å². The van der Waals surface area contributed by atoms with Gasteiger partial charge in [0.05, 0.1) is 28.4 Å². The lowest BCUT2D eigenvalue weighted by Gasteiger charge is -2.18. The number of amides is 1. The van der Waals surface area contributed by atoms with Crippen molar-refractivity contribution in [3.8, 4) is 17.2 Å². The van der Waals surface area contributed by atoms with E-state index in [2.05, 4.69) is 11.9 Å². The lowest BCUT2D eigenvalue weighted by molar-refractivity contribution is -0.142. The van der Waals surface area contributed by atoms with Crippen LogP contribution in [0.15, 0.2) is 24.8 Å². The van der Waals surface area contributed by atoms with Gasteiger partial charge >= 0.3 is 5.97 Å². The largest absolute Gasteiger partial charge is 0.493 e. The molecule has 150 valence electrons. The van der Waals surface area contributed by atoms with Crippen LogP contribution in [0.4, 0.5) is 0 Å². The van der Waals surface area contributed by atoms with Gasteiger partial charge in [-0.15, -0.1) is 6.58 Å². The second-order valence-corrected chi connectivity index (χ2v) is 6.62. The van der Waals surface area contributed by atoms with Gasteiger partial charge in [0.1, 0.15) is 6.04 Å². The zero-order valence-electron chi connectivity index (χ0n) is 16.2. The maximum absolute atomic E-state index is 12.7. The molecule has 1 N–H and O–H groups in total.